The Morgan fingerprint density at radius 1 is 1.56 bits per heavy atom. The van der Waals surface area contributed by atoms with Crippen molar-refractivity contribution in [3.8, 4) is 6.07 Å². The van der Waals surface area contributed by atoms with Gasteiger partial charge in [-0.05, 0) is 18.1 Å². The molecule has 3 heteroatoms. The number of rotatable bonds is 1. The number of para-hydroxylation sites is 1. The van der Waals surface area contributed by atoms with Crippen molar-refractivity contribution in [3.63, 3.8) is 0 Å². The van der Waals surface area contributed by atoms with Crippen LogP contribution >= 0.6 is 0 Å². The topological polar surface area (TPSA) is 44.1 Å². The maximum atomic E-state index is 11.5. The lowest BCUT2D eigenvalue weighted by Gasteiger charge is -2.32. The number of amides is 1. The summed E-state index contributed by atoms with van der Waals surface area (Å²) in [4.78, 5) is 13.3. The largest absolute Gasteiger partial charge is 0.312 e. The number of anilines is 1. The molecule has 0 bridgehead atoms. The summed E-state index contributed by atoms with van der Waals surface area (Å²) in [5.74, 6) is 0.347. The third-order valence-electron chi connectivity index (χ3n) is 3.09. The molecule has 0 saturated carbocycles. The van der Waals surface area contributed by atoms with Gasteiger partial charge in [0.25, 0.3) is 0 Å². The molecule has 0 radical (unpaired) electrons. The fraction of sp³-hybridized carbons (Fsp3) is 0.385. The lowest BCUT2D eigenvalue weighted by molar-refractivity contribution is -0.116. The second kappa shape index (κ2) is 4.36. The third kappa shape index (κ3) is 1.79. The SMILES string of the molecule is CC(=O)N1CCC(CC#N)c2ccccc21. The van der Waals surface area contributed by atoms with Crippen molar-refractivity contribution >= 4 is 11.6 Å². The Kier molecular flexibility index (Phi) is 2.91. The summed E-state index contributed by atoms with van der Waals surface area (Å²) in [5, 5.41) is 8.79. The van der Waals surface area contributed by atoms with Crippen LogP contribution in [0.3, 0.4) is 0 Å². The Balaban J connectivity index is 2.40. The zero-order valence-electron chi connectivity index (χ0n) is 9.31. The van der Waals surface area contributed by atoms with Gasteiger partial charge in [-0.3, -0.25) is 4.79 Å². The normalized spacial score (nSPS) is 18.8. The lowest BCUT2D eigenvalue weighted by Crippen LogP contribution is -2.34. The van der Waals surface area contributed by atoms with Crippen LogP contribution < -0.4 is 4.90 Å². The minimum Gasteiger partial charge on any atom is -0.312 e. The van der Waals surface area contributed by atoms with Gasteiger partial charge in [-0.1, -0.05) is 18.2 Å². The van der Waals surface area contributed by atoms with E-state index in [2.05, 4.69) is 6.07 Å². The Bertz CT molecular complexity index is 447. The minimum absolute atomic E-state index is 0.0721. The van der Waals surface area contributed by atoms with E-state index in [-0.39, 0.29) is 11.8 Å². The molecule has 1 heterocycles. The number of carbonyl (C=O) groups is 1. The summed E-state index contributed by atoms with van der Waals surface area (Å²) in [6, 6.07) is 10.1. The average molecular weight is 214 g/mol. The molecule has 3 nitrogen and oxygen atoms in total. The molecule has 0 N–H and O–H groups in total. The Morgan fingerprint density at radius 2 is 2.31 bits per heavy atom. The Morgan fingerprint density at radius 3 is 3.00 bits per heavy atom. The van der Waals surface area contributed by atoms with Crippen LogP contribution in [-0.2, 0) is 4.79 Å². The van der Waals surface area contributed by atoms with Crippen molar-refractivity contribution in [2.45, 2.75) is 25.7 Å². The van der Waals surface area contributed by atoms with E-state index in [0.29, 0.717) is 6.42 Å². The van der Waals surface area contributed by atoms with E-state index in [4.69, 9.17) is 5.26 Å². The van der Waals surface area contributed by atoms with Gasteiger partial charge < -0.3 is 4.90 Å². The number of nitrogens with zero attached hydrogens (tertiary/aromatic N) is 2. The summed E-state index contributed by atoms with van der Waals surface area (Å²) >= 11 is 0. The molecule has 1 atom stereocenters. The minimum atomic E-state index is 0.0721. The van der Waals surface area contributed by atoms with Crippen molar-refractivity contribution in [3.05, 3.63) is 29.8 Å². The summed E-state index contributed by atoms with van der Waals surface area (Å²) in [5.41, 5.74) is 2.10. The van der Waals surface area contributed by atoms with Gasteiger partial charge in [0.15, 0.2) is 0 Å². The Labute approximate surface area is 95.3 Å². The van der Waals surface area contributed by atoms with Crippen LogP contribution in [0.2, 0.25) is 0 Å². The third-order valence-corrected chi connectivity index (χ3v) is 3.09. The van der Waals surface area contributed by atoms with E-state index in [0.717, 1.165) is 24.2 Å². The van der Waals surface area contributed by atoms with Gasteiger partial charge in [-0.25, -0.2) is 0 Å². The van der Waals surface area contributed by atoms with E-state index < -0.39 is 0 Å². The van der Waals surface area contributed by atoms with Crippen molar-refractivity contribution in [2.24, 2.45) is 0 Å². The second-order valence-corrected chi connectivity index (χ2v) is 4.08. The molecule has 0 spiro atoms. The first kappa shape index (κ1) is 10.7. The van der Waals surface area contributed by atoms with Crippen molar-refractivity contribution in [1.29, 1.82) is 5.26 Å². The van der Waals surface area contributed by atoms with Gasteiger partial charge in [0, 0.05) is 31.5 Å². The molecule has 82 valence electrons. The first-order valence-corrected chi connectivity index (χ1v) is 5.48. The molecular formula is C13H14N2O. The van der Waals surface area contributed by atoms with Crippen LogP contribution in [0.15, 0.2) is 24.3 Å². The van der Waals surface area contributed by atoms with Crippen LogP contribution in [0.5, 0.6) is 0 Å². The maximum Gasteiger partial charge on any atom is 0.223 e. The zero-order chi connectivity index (χ0) is 11.5. The molecule has 1 amide bonds. The smallest absolute Gasteiger partial charge is 0.223 e. The molecule has 1 aromatic rings. The van der Waals surface area contributed by atoms with E-state index in [1.165, 1.54) is 0 Å². The number of hydrogen-bond donors (Lipinski definition) is 0. The Hall–Kier alpha value is -1.82. The number of fused-ring (bicyclic) bond motifs is 1. The highest BCUT2D eigenvalue weighted by molar-refractivity contribution is 5.93. The molecule has 0 aromatic heterocycles. The molecule has 0 saturated heterocycles. The summed E-state index contributed by atoms with van der Waals surface area (Å²) in [6.07, 6.45) is 1.41. The molecule has 0 fully saturated rings. The maximum absolute atomic E-state index is 11.5. The number of carbonyl (C=O) groups excluding carboxylic acids is 1. The van der Waals surface area contributed by atoms with Crippen LogP contribution in [0.25, 0.3) is 0 Å². The fourth-order valence-electron chi connectivity index (χ4n) is 2.29. The van der Waals surface area contributed by atoms with Crippen molar-refractivity contribution in [1.82, 2.24) is 0 Å². The molecular weight excluding hydrogens is 200 g/mol. The van der Waals surface area contributed by atoms with E-state index in [1.807, 2.05) is 24.3 Å². The molecule has 2 rings (SSSR count). The fourth-order valence-corrected chi connectivity index (χ4v) is 2.29. The van der Waals surface area contributed by atoms with Gasteiger partial charge in [0.05, 0.1) is 6.07 Å². The van der Waals surface area contributed by atoms with Crippen LogP contribution in [-0.4, -0.2) is 12.5 Å². The summed E-state index contributed by atoms with van der Waals surface area (Å²) in [6.45, 7) is 2.31. The van der Waals surface area contributed by atoms with E-state index >= 15 is 0 Å². The van der Waals surface area contributed by atoms with Gasteiger partial charge in [0.1, 0.15) is 0 Å². The van der Waals surface area contributed by atoms with Crippen LogP contribution in [0.1, 0.15) is 31.2 Å². The standard InChI is InChI=1S/C13H14N2O/c1-10(16)15-9-7-11(6-8-14)12-4-2-3-5-13(12)15/h2-5,11H,6-7,9H2,1H3. The van der Waals surface area contributed by atoms with Crippen molar-refractivity contribution < 1.29 is 4.79 Å². The molecule has 1 aliphatic rings. The average Bonchev–Trinajstić information content (AvgIpc) is 2.29. The predicted octanol–water partition coefficient (Wildman–Crippen LogP) is 2.44. The first-order chi connectivity index (χ1) is 7.74. The number of nitriles is 1. The molecule has 1 unspecified atom stereocenters. The highest BCUT2D eigenvalue weighted by atomic mass is 16.2. The van der Waals surface area contributed by atoms with Crippen LogP contribution in [0, 0.1) is 11.3 Å². The molecule has 1 aromatic carbocycles. The second-order valence-electron chi connectivity index (χ2n) is 4.08. The summed E-state index contributed by atoms with van der Waals surface area (Å²) in [7, 11) is 0. The first-order valence-electron chi connectivity index (χ1n) is 5.48. The van der Waals surface area contributed by atoms with E-state index in [9.17, 15) is 4.79 Å². The number of hydrogen-bond acceptors (Lipinski definition) is 2. The molecule has 1 aliphatic heterocycles. The van der Waals surface area contributed by atoms with Gasteiger partial charge in [-0.15, -0.1) is 0 Å². The van der Waals surface area contributed by atoms with Crippen LogP contribution in [0.4, 0.5) is 5.69 Å². The predicted molar refractivity (Wildman–Crippen MR) is 62.1 cm³/mol. The van der Waals surface area contributed by atoms with E-state index in [1.54, 1.807) is 11.8 Å². The highest BCUT2D eigenvalue weighted by Crippen LogP contribution is 2.36. The zero-order valence-corrected chi connectivity index (χ0v) is 9.31. The quantitative estimate of drug-likeness (QED) is 0.720. The number of benzene rings is 1. The summed E-state index contributed by atoms with van der Waals surface area (Å²) < 4.78 is 0. The van der Waals surface area contributed by atoms with Gasteiger partial charge in [-0.2, -0.15) is 5.26 Å². The lowest BCUT2D eigenvalue weighted by atomic mass is 9.88. The van der Waals surface area contributed by atoms with Gasteiger partial charge >= 0.3 is 0 Å². The molecule has 0 aliphatic carbocycles. The van der Waals surface area contributed by atoms with Crippen molar-refractivity contribution in [2.75, 3.05) is 11.4 Å². The molecule has 16 heavy (non-hydrogen) atoms. The monoisotopic (exact) mass is 214 g/mol. The van der Waals surface area contributed by atoms with Gasteiger partial charge in [0.2, 0.25) is 5.91 Å². The highest BCUT2D eigenvalue weighted by Gasteiger charge is 2.26.